The number of aliphatic hydroxyl groups excluding tert-OH is 1. The van der Waals surface area contributed by atoms with Crippen molar-refractivity contribution in [2.75, 3.05) is 75.0 Å². The summed E-state index contributed by atoms with van der Waals surface area (Å²) in [5.74, 6) is -1.25. The molecule has 2 aliphatic rings. The lowest BCUT2D eigenvalue weighted by Crippen LogP contribution is -2.51. The molecule has 2 fully saturated rings. The van der Waals surface area contributed by atoms with Gasteiger partial charge in [0.15, 0.2) is 0 Å². The lowest BCUT2D eigenvalue weighted by molar-refractivity contribution is -0.385. The summed E-state index contributed by atoms with van der Waals surface area (Å²) >= 11 is 0. The summed E-state index contributed by atoms with van der Waals surface area (Å²) in [5, 5.41) is 17.9. The second-order valence-corrected chi connectivity index (χ2v) is 10.3. The van der Waals surface area contributed by atoms with E-state index in [4.69, 9.17) is 22.3 Å². The molecule has 2 aromatic carbocycles. The monoisotopic (exact) mass is 586 g/mol. The van der Waals surface area contributed by atoms with Gasteiger partial charge in [-0.3, -0.25) is 29.5 Å². The van der Waals surface area contributed by atoms with Crippen LogP contribution in [0.2, 0.25) is 0 Å². The van der Waals surface area contributed by atoms with Crippen molar-refractivity contribution in [3.8, 4) is 0 Å². The van der Waals surface area contributed by atoms with E-state index in [-0.39, 0.29) is 17.3 Å². The average molecular weight is 587 g/mol. The van der Waals surface area contributed by atoms with Crippen LogP contribution in [-0.2, 0) is 0 Å². The first-order valence-corrected chi connectivity index (χ1v) is 14.2. The van der Waals surface area contributed by atoms with Crippen molar-refractivity contribution in [2.45, 2.75) is 39.8 Å². The Bertz CT molecular complexity index is 1230. The number of hydrogen-bond donors (Lipinski definition) is 4. The third kappa shape index (κ3) is 8.54. The molecule has 2 amide bonds. The number of nitro groups is 1. The van der Waals surface area contributed by atoms with E-state index in [1.165, 1.54) is 12.1 Å². The molecule has 0 aromatic heterocycles. The van der Waals surface area contributed by atoms with Gasteiger partial charge in [0.05, 0.1) is 10.5 Å². The van der Waals surface area contributed by atoms with Gasteiger partial charge in [-0.2, -0.15) is 0 Å². The first kappa shape index (κ1) is 34.3. The zero-order valence-corrected chi connectivity index (χ0v) is 25.3. The number of carbonyl (C=O) groups is 2. The Kier molecular flexibility index (Phi) is 13.0. The highest BCUT2D eigenvalue weighted by atomic mass is 16.6. The Hall–Kier alpha value is -3.94. The van der Waals surface area contributed by atoms with Crippen molar-refractivity contribution in [1.29, 1.82) is 0 Å². The molecule has 2 aromatic rings. The summed E-state index contributed by atoms with van der Waals surface area (Å²) in [6.07, 6.45) is 0. The van der Waals surface area contributed by atoms with E-state index in [1.807, 2.05) is 6.07 Å². The molecule has 7 N–H and O–H groups in total. The fraction of sp³-hybridized carbons (Fsp3) is 0.517. The van der Waals surface area contributed by atoms with Crippen LogP contribution in [0.1, 0.15) is 48.4 Å². The fourth-order valence-electron chi connectivity index (χ4n) is 5.40. The van der Waals surface area contributed by atoms with Crippen LogP contribution in [0.25, 0.3) is 0 Å². The van der Waals surface area contributed by atoms with Gasteiger partial charge < -0.3 is 32.1 Å². The quantitative estimate of drug-likeness (QED) is 0.211. The van der Waals surface area contributed by atoms with Gasteiger partial charge in [0.1, 0.15) is 5.56 Å². The van der Waals surface area contributed by atoms with E-state index in [0.29, 0.717) is 17.3 Å². The van der Waals surface area contributed by atoms with Gasteiger partial charge in [-0.05, 0) is 57.3 Å². The molecule has 0 unspecified atom stereocenters. The number of anilines is 3. The van der Waals surface area contributed by atoms with E-state index < -0.39 is 16.7 Å². The molecule has 2 heterocycles. The molecule has 4 rings (SSSR count). The number of piperazine rings is 2. The van der Waals surface area contributed by atoms with Crippen LogP contribution in [0.4, 0.5) is 22.7 Å². The number of nitrogen functional groups attached to an aromatic ring is 1. The summed E-state index contributed by atoms with van der Waals surface area (Å²) < 4.78 is 0. The first-order valence-electron chi connectivity index (χ1n) is 14.2. The maximum absolute atomic E-state index is 11.4. The van der Waals surface area contributed by atoms with Crippen LogP contribution in [-0.4, -0.2) is 103 Å². The second kappa shape index (κ2) is 15.9. The number of likely N-dealkylation sites (N-methyl/N-ethyl adjacent to an activating group) is 2. The minimum Gasteiger partial charge on any atom is -0.400 e. The number of aliphatic hydroxyl groups is 1. The second-order valence-electron chi connectivity index (χ2n) is 10.3. The molecule has 2 aliphatic heterocycles. The topological polar surface area (TPSA) is 189 Å². The Morgan fingerprint density at radius 2 is 1.26 bits per heavy atom. The van der Waals surface area contributed by atoms with Crippen molar-refractivity contribution >= 4 is 34.6 Å². The standard InChI is InChI=1S/C14H20N4O3.C14H22N4O.CH4O/c1-3-16-6-7-17(10(2)9-16)11-4-5-13(18(20)21)12(8-11)14(15)19;1-3-17-6-7-18(10(2)9-17)11-4-5-13(15)12(8-11)14(16)19;1-2/h4-5,8,10H,3,6-7,9H2,1-2H3,(H2,15,19);4-5,8,10H,3,6-7,9,15H2,1-2H3,(H2,16,19);2H,1H3/t2*10-;/m00./s1. The molecule has 13 heteroatoms. The van der Waals surface area contributed by atoms with Gasteiger partial charge in [-0.1, -0.05) is 13.8 Å². The Morgan fingerprint density at radius 3 is 1.64 bits per heavy atom. The molecular formula is C29H46N8O5. The summed E-state index contributed by atoms with van der Waals surface area (Å²) in [7, 11) is 1.00. The number of nitrogens with zero attached hydrogens (tertiary/aromatic N) is 5. The summed E-state index contributed by atoms with van der Waals surface area (Å²) in [5.41, 5.74) is 18.8. The zero-order valence-electron chi connectivity index (χ0n) is 25.3. The molecule has 0 saturated carbocycles. The molecule has 0 spiro atoms. The molecule has 0 aliphatic carbocycles. The highest BCUT2D eigenvalue weighted by molar-refractivity contribution is 5.99. The number of carbonyl (C=O) groups excluding carboxylic acids is 2. The Labute approximate surface area is 248 Å². The smallest absolute Gasteiger partial charge is 0.282 e. The Balaban J connectivity index is 0.000000278. The van der Waals surface area contributed by atoms with E-state index in [0.717, 1.165) is 70.8 Å². The summed E-state index contributed by atoms with van der Waals surface area (Å²) in [6, 6.07) is 10.8. The van der Waals surface area contributed by atoms with Gasteiger partial charge in [-0.25, -0.2) is 0 Å². The maximum Gasteiger partial charge on any atom is 0.282 e. The minimum absolute atomic E-state index is 0.0392. The van der Waals surface area contributed by atoms with Gasteiger partial charge >= 0.3 is 0 Å². The highest BCUT2D eigenvalue weighted by Gasteiger charge is 2.26. The van der Waals surface area contributed by atoms with Crippen molar-refractivity contribution < 1.29 is 19.6 Å². The molecular weight excluding hydrogens is 540 g/mol. The van der Waals surface area contributed by atoms with Crippen LogP contribution < -0.4 is 27.0 Å². The van der Waals surface area contributed by atoms with Crippen LogP contribution in [0, 0.1) is 10.1 Å². The molecule has 0 radical (unpaired) electrons. The molecule has 2 saturated heterocycles. The number of primary amides is 2. The molecule has 2 atom stereocenters. The highest BCUT2D eigenvalue weighted by Crippen LogP contribution is 2.28. The lowest BCUT2D eigenvalue weighted by atomic mass is 10.1. The summed E-state index contributed by atoms with van der Waals surface area (Å²) in [6.45, 7) is 16.4. The molecule has 42 heavy (non-hydrogen) atoms. The predicted octanol–water partition coefficient (Wildman–Crippen LogP) is 1.73. The zero-order chi connectivity index (χ0) is 31.6. The van der Waals surface area contributed by atoms with Crippen molar-refractivity contribution in [3.63, 3.8) is 0 Å². The van der Waals surface area contributed by atoms with Gasteiger partial charge in [-0.15, -0.1) is 0 Å². The van der Waals surface area contributed by atoms with Crippen LogP contribution in [0.15, 0.2) is 36.4 Å². The fourth-order valence-corrected chi connectivity index (χ4v) is 5.40. The number of amides is 2. The van der Waals surface area contributed by atoms with Crippen molar-refractivity contribution in [2.24, 2.45) is 11.5 Å². The third-order valence-corrected chi connectivity index (χ3v) is 7.73. The SMILES string of the molecule is CCN1CCN(c2ccc(N)c(C(N)=O)c2)[C@@H](C)C1.CCN1CCN(c2ccc([N+](=O)[O-])c(C(N)=O)c2)[C@@H](C)C1.CO. The van der Waals surface area contributed by atoms with Crippen molar-refractivity contribution in [1.82, 2.24) is 9.80 Å². The molecule has 232 valence electrons. The van der Waals surface area contributed by atoms with E-state index in [1.54, 1.807) is 18.2 Å². The van der Waals surface area contributed by atoms with Gasteiger partial charge in [0.25, 0.3) is 17.5 Å². The predicted molar refractivity (Wildman–Crippen MR) is 167 cm³/mol. The largest absolute Gasteiger partial charge is 0.400 e. The van der Waals surface area contributed by atoms with Gasteiger partial charge in [0.2, 0.25) is 0 Å². The Morgan fingerprint density at radius 1 is 0.833 bits per heavy atom. The molecule has 13 nitrogen and oxygen atoms in total. The van der Waals surface area contributed by atoms with Crippen LogP contribution in [0.5, 0.6) is 0 Å². The number of hydrogen-bond acceptors (Lipinski definition) is 10. The van der Waals surface area contributed by atoms with E-state index >= 15 is 0 Å². The first-order chi connectivity index (χ1) is 20.0. The number of nitro benzene ring substituents is 1. The van der Waals surface area contributed by atoms with Crippen LogP contribution >= 0.6 is 0 Å². The van der Waals surface area contributed by atoms with Gasteiger partial charge in [0, 0.05) is 81.6 Å². The minimum atomic E-state index is -0.775. The lowest BCUT2D eigenvalue weighted by Gasteiger charge is -2.41. The number of nitrogens with two attached hydrogens (primary N) is 3. The number of benzene rings is 2. The van der Waals surface area contributed by atoms with Crippen molar-refractivity contribution in [3.05, 3.63) is 57.6 Å². The molecule has 0 bridgehead atoms. The average Bonchev–Trinajstić information content (AvgIpc) is 2.98. The maximum atomic E-state index is 11.4. The van der Waals surface area contributed by atoms with Crippen LogP contribution in [0.3, 0.4) is 0 Å². The van der Waals surface area contributed by atoms with E-state index in [2.05, 4.69) is 47.3 Å². The summed E-state index contributed by atoms with van der Waals surface area (Å²) in [4.78, 5) is 42.4. The third-order valence-electron chi connectivity index (χ3n) is 7.73. The van der Waals surface area contributed by atoms with E-state index in [9.17, 15) is 19.7 Å². The number of rotatable bonds is 7. The normalized spacial score (nSPS) is 19.2.